The van der Waals surface area contributed by atoms with Crippen LogP contribution in [0.5, 0.6) is 0 Å². The standard InChI is InChI=1S/Al.ClH.Na.Sn.8H/h;1H;;;;;;;;;;. The van der Waals surface area contributed by atoms with Crippen LogP contribution in [0, 0.1) is 0 Å². The molecular formula is H9AlClNaSn. The van der Waals surface area contributed by atoms with Gasteiger partial charge in [-0.3, -0.25) is 0 Å². The van der Waals surface area contributed by atoms with Crippen LogP contribution in [-0.2, 0) is 0 Å². The summed E-state index contributed by atoms with van der Waals surface area (Å²) in [5, 5.41) is 0. The number of hydrogen-bond acceptors (Lipinski definition) is 0. The van der Waals surface area contributed by atoms with E-state index in [-0.39, 0.29) is 83.2 Å². The Morgan fingerprint density at radius 1 is 1.00 bits per heavy atom. The van der Waals surface area contributed by atoms with E-state index in [0.717, 1.165) is 0 Å². The third-order valence-electron chi connectivity index (χ3n) is 0. The van der Waals surface area contributed by atoms with Crippen LogP contribution in [0.3, 0.4) is 0 Å². The van der Waals surface area contributed by atoms with Crippen molar-refractivity contribution in [3.8, 4) is 0 Å². The van der Waals surface area contributed by atoms with E-state index in [0.29, 0.717) is 0 Å². The summed E-state index contributed by atoms with van der Waals surface area (Å²) in [6.07, 6.45) is 0. The molecule has 0 aromatic heterocycles. The molecule has 0 radical (unpaired) electrons. The van der Waals surface area contributed by atoms with Crippen molar-refractivity contribution in [2.75, 3.05) is 0 Å². The van der Waals surface area contributed by atoms with E-state index < -0.39 is 0 Å². The summed E-state index contributed by atoms with van der Waals surface area (Å²) in [4.78, 5) is 0. The number of halogens is 1. The molecular weight excluding hydrogens is 204 g/mol. The van der Waals surface area contributed by atoms with E-state index >= 15 is 0 Å². The van der Waals surface area contributed by atoms with Crippen molar-refractivity contribution in [1.29, 1.82) is 0 Å². The zero-order chi connectivity index (χ0) is 0. The van der Waals surface area contributed by atoms with Crippen molar-refractivity contribution < 1.29 is 0 Å². The second-order valence-corrected chi connectivity index (χ2v) is 0. The van der Waals surface area contributed by atoms with Crippen molar-refractivity contribution in [2.45, 2.75) is 0 Å². The average molecular weight is 213 g/mol. The molecule has 0 amide bonds. The van der Waals surface area contributed by atoms with E-state index in [9.17, 15) is 0 Å². The van der Waals surface area contributed by atoms with Crippen LogP contribution in [0.4, 0.5) is 0 Å². The molecule has 0 aliphatic heterocycles. The summed E-state index contributed by atoms with van der Waals surface area (Å²) in [6, 6.07) is 0. The van der Waals surface area contributed by atoms with Gasteiger partial charge < -0.3 is 0 Å². The number of hydrogen-bond donors (Lipinski definition) is 0. The molecule has 0 saturated heterocycles. The fourth-order valence-electron chi connectivity index (χ4n) is 0. The van der Waals surface area contributed by atoms with Gasteiger partial charge in [0.25, 0.3) is 0 Å². The first-order valence-corrected chi connectivity index (χ1v) is 0. The summed E-state index contributed by atoms with van der Waals surface area (Å²) in [6.45, 7) is 0. The average Bonchev–Trinajstić information content (AvgIpc) is 0. The molecule has 24 valence electrons. The van der Waals surface area contributed by atoms with Crippen LogP contribution in [0.1, 0.15) is 0 Å². The molecule has 4 heavy (non-hydrogen) atoms. The van der Waals surface area contributed by atoms with Crippen molar-refractivity contribution >= 4 is 83.2 Å². The van der Waals surface area contributed by atoms with Crippen LogP contribution in [0.25, 0.3) is 0 Å². The van der Waals surface area contributed by atoms with Gasteiger partial charge in [0, 0.05) is 0 Å². The van der Waals surface area contributed by atoms with Gasteiger partial charge in [0.1, 0.15) is 0 Å². The van der Waals surface area contributed by atoms with Gasteiger partial charge in [0.15, 0.2) is 17.4 Å². The predicted octanol–water partition coefficient (Wildman–Crippen LogP) is -2.86. The Balaban J connectivity index is 0. The molecule has 0 N–H and O–H groups in total. The van der Waals surface area contributed by atoms with Crippen LogP contribution in [-0.4, -0.2) is 70.8 Å². The third-order valence-corrected chi connectivity index (χ3v) is 0. The van der Waals surface area contributed by atoms with Crippen LogP contribution >= 0.6 is 12.4 Å². The maximum atomic E-state index is 0. The third kappa shape index (κ3) is 8.82. The minimum absolute atomic E-state index is 0. The van der Waals surface area contributed by atoms with Crippen molar-refractivity contribution in [2.24, 2.45) is 0 Å². The molecule has 0 rings (SSSR count). The monoisotopic (exact) mass is 214 g/mol. The van der Waals surface area contributed by atoms with Gasteiger partial charge >= 0.3 is 53.5 Å². The Hall–Kier alpha value is 2.62. The molecule has 0 unspecified atom stereocenters. The Bertz CT molecular complexity index is 8.00. The molecule has 0 aliphatic rings. The van der Waals surface area contributed by atoms with Crippen LogP contribution in [0.2, 0.25) is 0 Å². The minimum atomic E-state index is 0. The van der Waals surface area contributed by atoms with E-state index in [1.165, 1.54) is 0 Å². The summed E-state index contributed by atoms with van der Waals surface area (Å²) in [5.41, 5.74) is 0. The summed E-state index contributed by atoms with van der Waals surface area (Å²) in [7, 11) is 0. The maximum absolute atomic E-state index is 0. The van der Waals surface area contributed by atoms with Gasteiger partial charge in [-0.1, -0.05) is 0 Å². The molecule has 0 saturated carbocycles. The van der Waals surface area contributed by atoms with Crippen molar-refractivity contribution in [3.05, 3.63) is 0 Å². The van der Waals surface area contributed by atoms with Gasteiger partial charge in [-0.05, 0) is 0 Å². The second kappa shape index (κ2) is 17.5. The van der Waals surface area contributed by atoms with E-state index in [2.05, 4.69) is 0 Å². The Morgan fingerprint density at radius 2 is 1.00 bits per heavy atom. The van der Waals surface area contributed by atoms with E-state index in [1.807, 2.05) is 0 Å². The molecule has 0 bridgehead atoms. The first-order valence-electron chi connectivity index (χ1n) is 0. The van der Waals surface area contributed by atoms with Crippen molar-refractivity contribution in [1.82, 2.24) is 0 Å². The Kier molecular flexibility index (Phi) is 133. The summed E-state index contributed by atoms with van der Waals surface area (Å²) < 4.78 is 0. The van der Waals surface area contributed by atoms with Gasteiger partial charge in [0.05, 0.1) is 0 Å². The SMILES string of the molecule is Cl.[AlH3].[NaH].[SnH4]. The van der Waals surface area contributed by atoms with E-state index in [1.54, 1.807) is 0 Å². The van der Waals surface area contributed by atoms with Gasteiger partial charge in [0.2, 0.25) is 0 Å². The van der Waals surface area contributed by atoms with Gasteiger partial charge in [-0.15, -0.1) is 12.4 Å². The normalized spacial score (nSPS) is 0. The fourth-order valence-corrected chi connectivity index (χ4v) is 0. The summed E-state index contributed by atoms with van der Waals surface area (Å²) in [5.74, 6) is 0. The molecule has 0 nitrogen and oxygen atoms in total. The molecule has 0 spiro atoms. The Morgan fingerprint density at radius 3 is 1.00 bits per heavy atom. The van der Waals surface area contributed by atoms with Crippen LogP contribution in [0.15, 0.2) is 0 Å². The molecule has 0 aromatic rings. The van der Waals surface area contributed by atoms with E-state index in [4.69, 9.17) is 0 Å². The summed E-state index contributed by atoms with van der Waals surface area (Å²) >= 11 is 0. The molecule has 0 atom stereocenters. The Labute approximate surface area is 81.9 Å². The molecule has 0 aliphatic carbocycles. The first kappa shape index (κ1) is 30.5. The van der Waals surface area contributed by atoms with Gasteiger partial charge in [-0.2, -0.15) is 0 Å². The molecule has 0 fully saturated rings. The van der Waals surface area contributed by atoms with Crippen molar-refractivity contribution in [3.63, 3.8) is 0 Å². The number of rotatable bonds is 0. The fraction of sp³-hybridized carbons (Fsp3) is 0. The second-order valence-electron chi connectivity index (χ2n) is 0. The zero-order valence-electron chi connectivity index (χ0n) is 0.408. The van der Waals surface area contributed by atoms with Gasteiger partial charge in [-0.25, -0.2) is 0 Å². The molecule has 0 aromatic carbocycles. The zero-order valence-corrected chi connectivity index (χ0v) is 1.22. The molecule has 4 heteroatoms. The van der Waals surface area contributed by atoms with Crippen LogP contribution < -0.4 is 0 Å². The molecule has 0 heterocycles. The first-order chi connectivity index (χ1) is 0. The topological polar surface area (TPSA) is 0 Å². The quantitative estimate of drug-likeness (QED) is 0.380. The predicted molar refractivity (Wildman–Crippen MR) is 35.7 cm³/mol.